The maximum absolute atomic E-state index is 5.96. The van der Waals surface area contributed by atoms with Gasteiger partial charge in [0.1, 0.15) is 18.1 Å². The molecule has 0 saturated heterocycles. The first-order valence-electron chi connectivity index (χ1n) is 6.80. The molecule has 108 valence electrons. The highest BCUT2D eigenvalue weighted by molar-refractivity contribution is 5.99. The van der Waals surface area contributed by atoms with Gasteiger partial charge in [-0.15, -0.1) is 0 Å². The van der Waals surface area contributed by atoms with Crippen LogP contribution in [0.15, 0.2) is 46.6 Å². The van der Waals surface area contributed by atoms with E-state index in [0.717, 1.165) is 27.8 Å². The summed E-state index contributed by atoms with van der Waals surface area (Å²) < 4.78 is 16.6. The lowest BCUT2D eigenvalue weighted by Gasteiger charge is -2.10. The van der Waals surface area contributed by atoms with Crippen LogP contribution in [0.5, 0.6) is 11.5 Å². The average Bonchev–Trinajstić information content (AvgIpc) is 2.93. The molecule has 0 aliphatic rings. The molecular weight excluding hydrogens is 266 g/mol. The molecule has 4 heteroatoms. The molecule has 0 amide bonds. The first-order valence-corrected chi connectivity index (χ1v) is 6.80. The van der Waals surface area contributed by atoms with E-state index in [1.54, 1.807) is 13.4 Å². The van der Waals surface area contributed by atoms with Crippen LogP contribution in [-0.2, 0) is 0 Å². The number of allylic oxidation sites excluding steroid dienone is 1. The molecule has 4 nitrogen and oxygen atoms in total. The third kappa shape index (κ3) is 2.57. The maximum Gasteiger partial charge on any atom is 0.230 e. The Bertz CT molecular complexity index is 813. The van der Waals surface area contributed by atoms with Crippen molar-refractivity contribution in [2.45, 2.75) is 13.8 Å². The van der Waals surface area contributed by atoms with Gasteiger partial charge in [-0.1, -0.05) is 5.57 Å². The van der Waals surface area contributed by atoms with E-state index < -0.39 is 0 Å². The number of pyridine rings is 1. The van der Waals surface area contributed by atoms with Gasteiger partial charge in [-0.25, -0.2) is 4.98 Å². The van der Waals surface area contributed by atoms with E-state index in [2.05, 4.69) is 4.98 Å². The van der Waals surface area contributed by atoms with Gasteiger partial charge in [-0.3, -0.25) is 0 Å². The monoisotopic (exact) mass is 283 g/mol. The van der Waals surface area contributed by atoms with E-state index in [1.165, 1.54) is 5.57 Å². The lowest BCUT2D eigenvalue weighted by Crippen LogP contribution is -1.97. The van der Waals surface area contributed by atoms with Crippen LogP contribution in [0.1, 0.15) is 13.8 Å². The minimum absolute atomic E-state index is 0.522. The smallest absolute Gasteiger partial charge is 0.230 e. The Kier molecular flexibility index (Phi) is 3.52. The minimum Gasteiger partial charge on any atom is -0.497 e. The van der Waals surface area contributed by atoms with Gasteiger partial charge in [-0.05, 0) is 38.1 Å². The zero-order chi connectivity index (χ0) is 14.8. The van der Waals surface area contributed by atoms with Crippen LogP contribution in [0.4, 0.5) is 0 Å². The first-order chi connectivity index (χ1) is 10.2. The van der Waals surface area contributed by atoms with Crippen molar-refractivity contribution < 1.29 is 13.9 Å². The Hall–Kier alpha value is -2.49. The summed E-state index contributed by atoms with van der Waals surface area (Å²) in [5.41, 5.74) is 2.59. The predicted octanol–water partition coefficient (Wildman–Crippen LogP) is 4.33. The highest BCUT2D eigenvalue weighted by Crippen LogP contribution is 2.35. The Morgan fingerprint density at radius 3 is 2.86 bits per heavy atom. The molecule has 3 rings (SSSR count). The highest BCUT2D eigenvalue weighted by Gasteiger charge is 2.13. The molecule has 0 unspecified atom stereocenters. The van der Waals surface area contributed by atoms with Crippen LogP contribution >= 0.6 is 0 Å². The first kappa shape index (κ1) is 13.5. The Labute approximate surface area is 123 Å². The summed E-state index contributed by atoms with van der Waals surface area (Å²) in [5, 5.41) is 1.83. The topological polar surface area (TPSA) is 44.5 Å². The largest absolute Gasteiger partial charge is 0.497 e. The maximum atomic E-state index is 5.96. The van der Waals surface area contributed by atoms with Gasteiger partial charge in [0.25, 0.3) is 0 Å². The molecule has 0 fully saturated rings. The van der Waals surface area contributed by atoms with Crippen LogP contribution in [0, 0.1) is 0 Å². The summed E-state index contributed by atoms with van der Waals surface area (Å²) in [5.74, 6) is 1.56. The second-order valence-corrected chi connectivity index (χ2v) is 5.06. The number of hydrogen-bond acceptors (Lipinski definition) is 4. The van der Waals surface area contributed by atoms with Crippen LogP contribution in [0.2, 0.25) is 0 Å². The fourth-order valence-electron chi connectivity index (χ4n) is 2.19. The van der Waals surface area contributed by atoms with Gasteiger partial charge in [0, 0.05) is 11.5 Å². The van der Waals surface area contributed by atoms with Crippen molar-refractivity contribution in [2.75, 3.05) is 13.7 Å². The van der Waals surface area contributed by atoms with Crippen LogP contribution in [0.3, 0.4) is 0 Å². The lowest BCUT2D eigenvalue weighted by molar-refractivity contribution is 0.370. The quantitative estimate of drug-likeness (QED) is 0.668. The molecule has 0 spiro atoms. The number of hydrogen-bond donors (Lipinski definition) is 0. The summed E-state index contributed by atoms with van der Waals surface area (Å²) in [4.78, 5) is 4.51. The number of aromatic nitrogens is 1. The van der Waals surface area contributed by atoms with Crippen molar-refractivity contribution in [1.82, 2.24) is 4.98 Å². The van der Waals surface area contributed by atoms with E-state index >= 15 is 0 Å². The summed E-state index contributed by atoms with van der Waals surface area (Å²) in [6.45, 7) is 4.62. The molecule has 0 atom stereocenters. The number of methoxy groups -OCH3 is 1. The molecule has 0 aliphatic carbocycles. The van der Waals surface area contributed by atoms with Gasteiger partial charge in [-0.2, -0.15) is 0 Å². The molecule has 2 heterocycles. The van der Waals surface area contributed by atoms with Crippen LogP contribution in [0.25, 0.3) is 22.0 Å². The molecule has 2 aromatic heterocycles. The van der Waals surface area contributed by atoms with E-state index in [-0.39, 0.29) is 0 Å². The van der Waals surface area contributed by atoms with Gasteiger partial charge < -0.3 is 13.9 Å². The zero-order valence-corrected chi connectivity index (χ0v) is 12.3. The average molecular weight is 283 g/mol. The number of furan rings is 1. The molecule has 1 aromatic carbocycles. The normalized spacial score (nSPS) is 10.8. The van der Waals surface area contributed by atoms with Gasteiger partial charge >= 0.3 is 0 Å². The summed E-state index contributed by atoms with van der Waals surface area (Å²) >= 11 is 0. The Morgan fingerprint density at radius 2 is 2.10 bits per heavy atom. The van der Waals surface area contributed by atoms with Crippen molar-refractivity contribution in [3.05, 3.63) is 42.2 Å². The van der Waals surface area contributed by atoms with Crippen molar-refractivity contribution in [2.24, 2.45) is 0 Å². The summed E-state index contributed by atoms with van der Waals surface area (Å²) in [7, 11) is 1.64. The van der Waals surface area contributed by atoms with Crippen molar-refractivity contribution in [3.63, 3.8) is 0 Å². The van der Waals surface area contributed by atoms with Gasteiger partial charge in [0.05, 0.1) is 24.3 Å². The van der Waals surface area contributed by atoms with Crippen LogP contribution in [-0.4, -0.2) is 18.7 Å². The fraction of sp³-hybridized carbons (Fsp3) is 0.235. The number of fused-ring (bicyclic) bond motifs is 2. The molecular formula is C17H17NO3. The molecule has 0 aliphatic heterocycles. The Balaban J connectivity index is 2.16. The fourth-order valence-corrected chi connectivity index (χ4v) is 2.19. The standard InChI is InChI=1S/C17H17NO3/c1-11(2)6-8-20-16-13-5-4-12(19-3)10-15(13)18-17-14(16)7-9-21-17/h4-7,9-10H,8H2,1-3H3. The number of nitrogens with zero attached hydrogens (tertiary/aromatic N) is 1. The molecule has 0 bridgehead atoms. The Morgan fingerprint density at radius 1 is 1.24 bits per heavy atom. The summed E-state index contributed by atoms with van der Waals surface area (Å²) in [6.07, 6.45) is 3.67. The highest BCUT2D eigenvalue weighted by atomic mass is 16.5. The zero-order valence-electron chi connectivity index (χ0n) is 12.3. The third-order valence-corrected chi connectivity index (χ3v) is 3.28. The molecule has 0 radical (unpaired) electrons. The second kappa shape index (κ2) is 5.48. The predicted molar refractivity (Wildman–Crippen MR) is 83.0 cm³/mol. The molecule has 21 heavy (non-hydrogen) atoms. The van der Waals surface area contributed by atoms with Crippen molar-refractivity contribution >= 4 is 22.0 Å². The lowest BCUT2D eigenvalue weighted by atomic mass is 10.1. The van der Waals surface area contributed by atoms with Crippen molar-refractivity contribution in [3.8, 4) is 11.5 Å². The number of benzene rings is 1. The van der Waals surface area contributed by atoms with E-state index in [0.29, 0.717) is 12.3 Å². The van der Waals surface area contributed by atoms with Gasteiger partial charge in [0.15, 0.2) is 0 Å². The molecule has 0 saturated carbocycles. The van der Waals surface area contributed by atoms with Gasteiger partial charge in [0.2, 0.25) is 5.71 Å². The number of rotatable bonds is 4. The SMILES string of the molecule is COc1ccc2c(OCC=C(C)C)c3ccoc3nc2c1. The molecule has 0 N–H and O–H groups in total. The number of ether oxygens (including phenoxy) is 2. The second-order valence-electron chi connectivity index (χ2n) is 5.06. The third-order valence-electron chi connectivity index (χ3n) is 3.28. The summed E-state index contributed by atoms with van der Waals surface area (Å²) in [6, 6.07) is 7.63. The van der Waals surface area contributed by atoms with Crippen LogP contribution < -0.4 is 9.47 Å². The van der Waals surface area contributed by atoms with E-state index in [1.807, 2.05) is 44.2 Å². The van der Waals surface area contributed by atoms with E-state index in [4.69, 9.17) is 13.9 Å². The molecule has 3 aromatic rings. The van der Waals surface area contributed by atoms with Crippen molar-refractivity contribution in [1.29, 1.82) is 0 Å². The van der Waals surface area contributed by atoms with E-state index in [9.17, 15) is 0 Å². The minimum atomic E-state index is 0.522.